The number of anilines is 1. The Morgan fingerprint density at radius 3 is 3.00 bits per heavy atom. The van der Waals surface area contributed by atoms with Crippen molar-refractivity contribution >= 4 is 11.6 Å². The van der Waals surface area contributed by atoms with Gasteiger partial charge in [0.2, 0.25) is 5.91 Å². The van der Waals surface area contributed by atoms with Crippen LogP contribution in [-0.4, -0.2) is 32.2 Å². The minimum atomic E-state index is -0.652. The van der Waals surface area contributed by atoms with Crippen molar-refractivity contribution in [2.75, 3.05) is 5.32 Å². The smallest absolute Gasteiger partial charge is 0.241 e. The summed E-state index contributed by atoms with van der Waals surface area (Å²) in [5, 5.41) is 13.2. The van der Waals surface area contributed by atoms with Crippen molar-refractivity contribution in [2.45, 2.75) is 32.2 Å². The first kappa shape index (κ1) is 15.0. The molecule has 1 amide bonds. The van der Waals surface area contributed by atoms with Gasteiger partial charge >= 0.3 is 0 Å². The monoisotopic (exact) mass is 292 g/mol. The minimum absolute atomic E-state index is 0.0555. The molecule has 3 N–H and O–H groups in total. The molecule has 7 nitrogen and oxygen atoms in total. The van der Waals surface area contributed by atoms with Crippen molar-refractivity contribution in [3.05, 3.63) is 30.3 Å². The summed E-state index contributed by atoms with van der Waals surface area (Å²) in [6.07, 6.45) is 3.74. The number of nitrogens with one attached hydrogen (secondary N) is 1. The number of rotatable bonds is 6. The van der Waals surface area contributed by atoms with Crippen molar-refractivity contribution in [1.82, 2.24) is 20.2 Å². The molecule has 0 fully saturated rings. The average Bonchev–Trinajstić information content (AvgIpc) is 3.01. The summed E-state index contributed by atoms with van der Waals surface area (Å²) in [7, 11) is 0. The number of benzene rings is 1. The third-order valence-electron chi connectivity index (χ3n) is 3.03. The molecule has 1 aromatic carbocycles. The zero-order valence-corrected chi connectivity index (χ0v) is 11.7. The van der Waals surface area contributed by atoms with E-state index in [-0.39, 0.29) is 5.69 Å². The number of nitrogens with zero attached hydrogens (tertiary/aromatic N) is 4. The summed E-state index contributed by atoms with van der Waals surface area (Å²) < 4.78 is 15.1. The molecule has 1 unspecified atom stereocenters. The van der Waals surface area contributed by atoms with Gasteiger partial charge in [-0.1, -0.05) is 19.8 Å². The molecule has 0 radical (unpaired) electrons. The van der Waals surface area contributed by atoms with Crippen LogP contribution in [0, 0.1) is 5.82 Å². The fraction of sp³-hybridized carbons (Fsp3) is 0.385. The highest BCUT2D eigenvalue weighted by Crippen LogP contribution is 2.18. The van der Waals surface area contributed by atoms with Crippen molar-refractivity contribution in [1.29, 1.82) is 0 Å². The Kier molecular flexibility index (Phi) is 4.94. The van der Waals surface area contributed by atoms with E-state index in [0.29, 0.717) is 12.1 Å². The van der Waals surface area contributed by atoms with Gasteiger partial charge in [0.15, 0.2) is 0 Å². The van der Waals surface area contributed by atoms with E-state index in [2.05, 4.69) is 20.8 Å². The largest absolute Gasteiger partial charge is 0.322 e. The molecule has 2 rings (SSSR count). The Hall–Kier alpha value is -2.35. The van der Waals surface area contributed by atoms with E-state index in [9.17, 15) is 9.18 Å². The van der Waals surface area contributed by atoms with Gasteiger partial charge in [-0.05, 0) is 35.0 Å². The number of carbonyl (C=O) groups is 1. The van der Waals surface area contributed by atoms with E-state index in [1.165, 1.54) is 29.2 Å². The lowest BCUT2D eigenvalue weighted by atomic mass is 10.1. The molecule has 1 aromatic heterocycles. The Bertz CT molecular complexity index is 601. The number of amides is 1. The van der Waals surface area contributed by atoms with E-state index in [4.69, 9.17) is 5.73 Å². The van der Waals surface area contributed by atoms with Gasteiger partial charge in [-0.15, -0.1) is 5.10 Å². The zero-order chi connectivity index (χ0) is 15.2. The first-order chi connectivity index (χ1) is 10.1. The van der Waals surface area contributed by atoms with Crippen LogP contribution >= 0.6 is 0 Å². The second-order valence-electron chi connectivity index (χ2n) is 4.66. The zero-order valence-electron chi connectivity index (χ0n) is 11.7. The molecular formula is C13H17FN6O. The Balaban J connectivity index is 2.12. The van der Waals surface area contributed by atoms with Gasteiger partial charge < -0.3 is 11.1 Å². The molecule has 0 spiro atoms. The first-order valence-electron chi connectivity index (χ1n) is 6.71. The van der Waals surface area contributed by atoms with Crippen LogP contribution in [-0.2, 0) is 4.79 Å². The molecule has 112 valence electrons. The molecule has 1 heterocycles. The second-order valence-corrected chi connectivity index (χ2v) is 4.66. The van der Waals surface area contributed by atoms with E-state index in [1.807, 2.05) is 6.92 Å². The topological polar surface area (TPSA) is 98.7 Å². The molecule has 2 aromatic rings. The van der Waals surface area contributed by atoms with Crippen LogP contribution in [0.5, 0.6) is 0 Å². The van der Waals surface area contributed by atoms with Crippen LogP contribution in [0.3, 0.4) is 0 Å². The summed E-state index contributed by atoms with van der Waals surface area (Å²) in [5.41, 5.74) is 6.36. The van der Waals surface area contributed by atoms with E-state index >= 15 is 0 Å². The molecule has 0 saturated carbocycles. The van der Waals surface area contributed by atoms with Crippen LogP contribution in [0.2, 0.25) is 0 Å². The van der Waals surface area contributed by atoms with Crippen LogP contribution in [0.4, 0.5) is 10.1 Å². The fourth-order valence-electron chi connectivity index (χ4n) is 1.81. The van der Waals surface area contributed by atoms with Crippen LogP contribution in [0.1, 0.15) is 26.2 Å². The van der Waals surface area contributed by atoms with Crippen LogP contribution in [0.15, 0.2) is 24.5 Å². The Morgan fingerprint density at radius 2 is 2.33 bits per heavy atom. The van der Waals surface area contributed by atoms with Gasteiger partial charge in [-0.3, -0.25) is 4.79 Å². The molecular weight excluding hydrogens is 275 g/mol. The summed E-state index contributed by atoms with van der Waals surface area (Å²) >= 11 is 0. The standard InChI is InChI=1S/C13H17FN6O/c1-2-3-4-11(15)13(21)17-12-7-9(5-6-10(12)14)20-8-16-18-19-20/h5-8,11H,2-4,15H2,1H3,(H,17,21). The number of unbranched alkanes of at least 4 members (excludes halogenated alkanes) is 1. The predicted molar refractivity (Wildman–Crippen MR) is 75.2 cm³/mol. The maximum atomic E-state index is 13.8. The molecule has 0 saturated heterocycles. The SMILES string of the molecule is CCCCC(N)C(=O)Nc1cc(-n2cnnn2)ccc1F. The molecule has 21 heavy (non-hydrogen) atoms. The van der Waals surface area contributed by atoms with Crippen molar-refractivity contribution in [2.24, 2.45) is 5.73 Å². The van der Waals surface area contributed by atoms with Gasteiger partial charge in [-0.2, -0.15) is 0 Å². The lowest BCUT2D eigenvalue weighted by molar-refractivity contribution is -0.117. The summed E-state index contributed by atoms with van der Waals surface area (Å²) in [6.45, 7) is 2.01. The first-order valence-corrected chi connectivity index (χ1v) is 6.71. The fourth-order valence-corrected chi connectivity index (χ4v) is 1.81. The minimum Gasteiger partial charge on any atom is -0.322 e. The second kappa shape index (κ2) is 6.89. The summed E-state index contributed by atoms with van der Waals surface area (Å²) in [5.74, 6) is -0.945. The molecule has 1 atom stereocenters. The normalized spacial score (nSPS) is 12.1. The third-order valence-corrected chi connectivity index (χ3v) is 3.03. The maximum Gasteiger partial charge on any atom is 0.241 e. The van der Waals surface area contributed by atoms with Crippen LogP contribution in [0.25, 0.3) is 5.69 Å². The van der Waals surface area contributed by atoms with E-state index < -0.39 is 17.8 Å². The van der Waals surface area contributed by atoms with E-state index in [1.54, 1.807) is 0 Å². The molecule has 0 bridgehead atoms. The maximum absolute atomic E-state index is 13.8. The Morgan fingerprint density at radius 1 is 1.52 bits per heavy atom. The van der Waals surface area contributed by atoms with Gasteiger partial charge in [-0.25, -0.2) is 9.07 Å². The third kappa shape index (κ3) is 3.82. The van der Waals surface area contributed by atoms with Crippen molar-refractivity contribution < 1.29 is 9.18 Å². The van der Waals surface area contributed by atoms with Gasteiger partial charge in [0, 0.05) is 0 Å². The number of carbonyl (C=O) groups excluding carboxylic acids is 1. The average molecular weight is 292 g/mol. The number of hydrogen-bond acceptors (Lipinski definition) is 5. The predicted octanol–water partition coefficient (Wildman–Crippen LogP) is 1.26. The van der Waals surface area contributed by atoms with E-state index in [0.717, 1.165) is 12.8 Å². The highest BCUT2D eigenvalue weighted by atomic mass is 19.1. The highest BCUT2D eigenvalue weighted by Gasteiger charge is 2.15. The quantitative estimate of drug-likeness (QED) is 0.835. The number of hydrogen-bond donors (Lipinski definition) is 2. The lowest BCUT2D eigenvalue weighted by Crippen LogP contribution is -2.35. The van der Waals surface area contributed by atoms with Crippen molar-refractivity contribution in [3.8, 4) is 5.69 Å². The molecule has 0 aliphatic heterocycles. The van der Waals surface area contributed by atoms with Gasteiger partial charge in [0.1, 0.15) is 12.1 Å². The molecule has 0 aliphatic rings. The van der Waals surface area contributed by atoms with Crippen molar-refractivity contribution in [3.63, 3.8) is 0 Å². The van der Waals surface area contributed by atoms with Gasteiger partial charge in [0.05, 0.1) is 17.4 Å². The molecule has 0 aliphatic carbocycles. The number of halogens is 1. The molecule has 8 heteroatoms. The number of nitrogens with two attached hydrogens (primary N) is 1. The highest BCUT2D eigenvalue weighted by molar-refractivity contribution is 5.95. The van der Waals surface area contributed by atoms with Gasteiger partial charge in [0.25, 0.3) is 0 Å². The van der Waals surface area contributed by atoms with Crippen LogP contribution < -0.4 is 11.1 Å². The lowest BCUT2D eigenvalue weighted by Gasteiger charge is -2.13. The summed E-state index contributed by atoms with van der Waals surface area (Å²) in [4.78, 5) is 11.9. The Labute approximate surface area is 121 Å². The summed E-state index contributed by atoms with van der Waals surface area (Å²) in [6, 6.07) is 3.56. The number of tetrazole rings is 1. The number of aromatic nitrogens is 4.